The summed E-state index contributed by atoms with van der Waals surface area (Å²) in [6.45, 7) is 19.0. The fourth-order valence-electron chi connectivity index (χ4n) is 11.7. The SMILES string of the molecule is COC(=O)C12CCC(C)(C)C[C@H]1C1=CCC3[C@@]4(C)CCC5(OCCO5)C(C)(C)C4CC[C@@]3(C)[C@@]1(C)CC2. The van der Waals surface area contributed by atoms with E-state index in [0.717, 1.165) is 58.2 Å². The number of allylic oxidation sites excluding steroid dienone is 2. The van der Waals surface area contributed by atoms with Crippen LogP contribution in [0.15, 0.2) is 11.6 Å². The zero-order valence-electron chi connectivity index (χ0n) is 24.9. The van der Waals surface area contributed by atoms with E-state index in [1.54, 1.807) is 12.7 Å². The maximum atomic E-state index is 13.4. The van der Waals surface area contributed by atoms with Crippen molar-refractivity contribution in [1.29, 1.82) is 0 Å². The first-order valence-electron chi connectivity index (χ1n) is 15.3. The van der Waals surface area contributed by atoms with Crippen molar-refractivity contribution in [2.24, 2.45) is 50.2 Å². The van der Waals surface area contributed by atoms with Crippen molar-refractivity contribution in [1.82, 2.24) is 0 Å². The van der Waals surface area contributed by atoms with Gasteiger partial charge in [-0.05, 0) is 97.2 Å². The van der Waals surface area contributed by atoms with E-state index >= 15 is 0 Å². The largest absolute Gasteiger partial charge is 0.469 e. The third-order valence-corrected chi connectivity index (χ3v) is 14.1. The number of methoxy groups -OCH3 is 1. The number of hydrogen-bond donors (Lipinski definition) is 0. The fraction of sp³-hybridized carbons (Fsp3) is 0.909. The van der Waals surface area contributed by atoms with Crippen LogP contribution in [0.5, 0.6) is 0 Å². The van der Waals surface area contributed by atoms with E-state index in [-0.39, 0.29) is 38.5 Å². The van der Waals surface area contributed by atoms with E-state index in [2.05, 4.69) is 54.5 Å². The Morgan fingerprint density at radius 2 is 1.54 bits per heavy atom. The molecule has 37 heavy (non-hydrogen) atoms. The van der Waals surface area contributed by atoms with Crippen molar-refractivity contribution in [2.75, 3.05) is 20.3 Å². The van der Waals surface area contributed by atoms with Crippen LogP contribution in [-0.4, -0.2) is 32.1 Å². The molecule has 4 nitrogen and oxygen atoms in total. The van der Waals surface area contributed by atoms with Crippen molar-refractivity contribution in [3.63, 3.8) is 0 Å². The molecule has 0 aromatic carbocycles. The van der Waals surface area contributed by atoms with Gasteiger partial charge in [-0.3, -0.25) is 4.79 Å². The number of rotatable bonds is 1. The van der Waals surface area contributed by atoms with Gasteiger partial charge in [-0.15, -0.1) is 0 Å². The van der Waals surface area contributed by atoms with Gasteiger partial charge in [-0.2, -0.15) is 0 Å². The Hall–Kier alpha value is -0.870. The summed E-state index contributed by atoms with van der Waals surface area (Å²) in [5.41, 5.74) is 2.21. The van der Waals surface area contributed by atoms with Gasteiger partial charge in [0.2, 0.25) is 0 Å². The number of hydrogen-bond acceptors (Lipinski definition) is 4. The van der Waals surface area contributed by atoms with Crippen LogP contribution in [0, 0.1) is 50.2 Å². The van der Waals surface area contributed by atoms with Gasteiger partial charge in [0.25, 0.3) is 0 Å². The van der Waals surface area contributed by atoms with E-state index in [1.807, 2.05) is 0 Å². The van der Waals surface area contributed by atoms with Gasteiger partial charge < -0.3 is 14.2 Å². The molecule has 1 heterocycles. The molecule has 1 aliphatic heterocycles. The zero-order valence-corrected chi connectivity index (χ0v) is 24.9. The van der Waals surface area contributed by atoms with Crippen LogP contribution >= 0.6 is 0 Å². The maximum absolute atomic E-state index is 13.4. The Bertz CT molecular complexity index is 1000. The molecule has 0 amide bonds. The Morgan fingerprint density at radius 3 is 2.22 bits per heavy atom. The Morgan fingerprint density at radius 1 is 0.865 bits per heavy atom. The van der Waals surface area contributed by atoms with Crippen LogP contribution < -0.4 is 0 Å². The molecule has 5 fully saturated rings. The minimum Gasteiger partial charge on any atom is -0.469 e. The summed E-state index contributed by atoms with van der Waals surface area (Å²) in [7, 11) is 1.60. The average Bonchev–Trinajstić information content (AvgIpc) is 3.32. The predicted molar refractivity (Wildman–Crippen MR) is 146 cm³/mol. The van der Waals surface area contributed by atoms with Crippen LogP contribution in [-0.2, 0) is 19.0 Å². The Balaban J connectivity index is 1.41. The highest BCUT2D eigenvalue weighted by Gasteiger charge is 2.71. The first-order valence-corrected chi connectivity index (χ1v) is 15.3. The summed E-state index contributed by atoms with van der Waals surface area (Å²) in [6.07, 6.45) is 13.8. The summed E-state index contributed by atoms with van der Waals surface area (Å²) < 4.78 is 18.3. The lowest BCUT2D eigenvalue weighted by molar-refractivity contribution is -0.307. The minimum atomic E-state index is -0.400. The van der Waals surface area contributed by atoms with Crippen molar-refractivity contribution < 1.29 is 19.0 Å². The molecule has 1 spiro atoms. The second-order valence-electron chi connectivity index (χ2n) is 16.0. The second-order valence-corrected chi connectivity index (χ2v) is 16.0. The van der Waals surface area contributed by atoms with Gasteiger partial charge >= 0.3 is 5.97 Å². The monoisotopic (exact) mass is 512 g/mol. The molecule has 0 aromatic rings. The summed E-state index contributed by atoms with van der Waals surface area (Å²) >= 11 is 0. The molecule has 4 heteroatoms. The highest BCUT2D eigenvalue weighted by atomic mass is 16.7. The molecule has 0 radical (unpaired) electrons. The van der Waals surface area contributed by atoms with Gasteiger partial charge in [-0.1, -0.05) is 60.1 Å². The minimum absolute atomic E-state index is 0.00270. The van der Waals surface area contributed by atoms with Crippen molar-refractivity contribution >= 4 is 5.97 Å². The van der Waals surface area contributed by atoms with E-state index < -0.39 is 5.79 Å². The van der Waals surface area contributed by atoms with E-state index in [1.165, 1.54) is 19.3 Å². The molecule has 6 aliphatic rings. The molecule has 4 saturated carbocycles. The molecular weight excluding hydrogens is 460 g/mol. The van der Waals surface area contributed by atoms with Crippen molar-refractivity contribution in [3.8, 4) is 0 Å². The topological polar surface area (TPSA) is 44.8 Å². The summed E-state index contributed by atoms with van der Waals surface area (Å²) in [5, 5.41) is 0. The standard InChI is InChI=1S/C33H52O4/c1-27(2)13-16-32(26(34)35-8)17-15-30(6)22(23(32)21-27)9-10-25-29(5)14-18-33(36-19-20-37-33)28(3,4)24(29)11-12-31(25,30)7/h9,23-25H,10-21H2,1-8H3/t23-,24?,25?,29-,30-,31+,32?/m0/s1. The highest BCUT2D eigenvalue weighted by molar-refractivity contribution is 5.78. The van der Waals surface area contributed by atoms with Gasteiger partial charge in [0.05, 0.1) is 25.7 Å². The number of carbonyl (C=O) groups is 1. The van der Waals surface area contributed by atoms with Crippen LogP contribution in [0.1, 0.15) is 113 Å². The lowest BCUT2D eigenvalue weighted by Crippen LogP contribution is -2.67. The molecule has 7 atom stereocenters. The van der Waals surface area contributed by atoms with Crippen LogP contribution in [0.25, 0.3) is 0 Å². The van der Waals surface area contributed by atoms with Crippen molar-refractivity contribution in [2.45, 2.75) is 118 Å². The summed E-state index contributed by atoms with van der Waals surface area (Å²) in [6, 6.07) is 0. The smallest absolute Gasteiger partial charge is 0.312 e. The van der Waals surface area contributed by atoms with Gasteiger partial charge in [0.15, 0.2) is 5.79 Å². The second kappa shape index (κ2) is 7.87. The molecule has 208 valence electrons. The normalized spacial score (nSPS) is 49.2. The summed E-state index contributed by atoms with van der Waals surface area (Å²) in [5.74, 6) is 1.21. The Kier molecular flexibility index (Phi) is 5.60. The van der Waals surface area contributed by atoms with E-state index in [0.29, 0.717) is 17.8 Å². The van der Waals surface area contributed by atoms with Gasteiger partial charge in [0, 0.05) is 11.8 Å². The first kappa shape index (κ1) is 26.4. The molecule has 0 N–H and O–H groups in total. The number of carbonyl (C=O) groups excluding carboxylic acids is 1. The van der Waals surface area contributed by atoms with Crippen LogP contribution in [0.3, 0.4) is 0 Å². The molecule has 6 rings (SSSR count). The summed E-state index contributed by atoms with van der Waals surface area (Å²) in [4.78, 5) is 13.4. The van der Waals surface area contributed by atoms with Crippen LogP contribution in [0.2, 0.25) is 0 Å². The third-order valence-electron chi connectivity index (χ3n) is 14.1. The van der Waals surface area contributed by atoms with E-state index in [9.17, 15) is 4.79 Å². The van der Waals surface area contributed by atoms with E-state index in [4.69, 9.17) is 14.2 Å². The van der Waals surface area contributed by atoms with Crippen molar-refractivity contribution in [3.05, 3.63) is 11.6 Å². The molecule has 3 unspecified atom stereocenters. The third kappa shape index (κ3) is 3.12. The molecule has 1 saturated heterocycles. The quantitative estimate of drug-likeness (QED) is 0.267. The van der Waals surface area contributed by atoms with Gasteiger partial charge in [-0.25, -0.2) is 0 Å². The molecule has 0 aromatic heterocycles. The molecular formula is C33H52O4. The Labute approximate surface area is 225 Å². The first-order chi connectivity index (χ1) is 17.2. The predicted octanol–water partition coefficient (Wildman–Crippen LogP) is 7.70. The fourth-order valence-corrected chi connectivity index (χ4v) is 11.7. The lowest BCUT2D eigenvalue weighted by Gasteiger charge is -2.72. The average molecular weight is 513 g/mol. The number of fused-ring (bicyclic) bond motifs is 7. The molecule has 5 aliphatic carbocycles. The number of esters is 1. The zero-order chi connectivity index (χ0) is 26.7. The van der Waals surface area contributed by atoms with Gasteiger partial charge in [0.1, 0.15) is 0 Å². The highest BCUT2D eigenvalue weighted by Crippen LogP contribution is 2.76. The maximum Gasteiger partial charge on any atom is 0.312 e. The molecule has 0 bridgehead atoms. The number of ether oxygens (including phenoxy) is 3. The van der Waals surface area contributed by atoms with Crippen LogP contribution in [0.4, 0.5) is 0 Å². The lowest BCUT2D eigenvalue weighted by atomic mass is 9.33.